The van der Waals surface area contributed by atoms with Crippen LogP contribution in [0, 0.1) is 0 Å². The van der Waals surface area contributed by atoms with Crippen LogP contribution >= 0.6 is 0 Å². The smallest absolute Gasteiger partial charge is 0.236 e. The van der Waals surface area contributed by atoms with Crippen molar-refractivity contribution in [3.05, 3.63) is 42.2 Å². The van der Waals surface area contributed by atoms with Crippen molar-refractivity contribution >= 4 is 5.91 Å². The highest BCUT2D eigenvalue weighted by molar-refractivity contribution is 5.78. The number of rotatable bonds is 5. The van der Waals surface area contributed by atoms with E-state index >= 15 is 0 Å². The third-order valence-electron chi connectivity index (χ3n) is 4.00. The summed E-state index contributed by atoms with van der Waals surface area (Å²) in [5.74, 6) is 0.124. The number of carbonyl (C=O) groups excluding carboxylic acids is 1. The molecule has 3 rings (SSSR count). The van der Waals surface area contributed by atoms with Crippen molar-refractivity contribution in [1.82, 2.24) is 25.2 Å². The first-order valence-electron chi connectivity index (χ1n) is 7.79. The van der Waals surface area contributed by atoms with Crippen LogP contribution < -0.4 is 5.32 Å². The van der Waals surface area contributed by atoms with Gasteiger partial charge >= 0.3 is 0 Å². The van der Waals surface area contributed by atoms with Crippen LogP contribution in [0.1, 0.15) is 18.5 Å². The molecule has 1 amide bonds. The van der Waals surface area contributed by atoms with Gasteiger partial charge in [-0.1, -0.05) is 17.3 Å². The Kier molecular flexibility index (Phi) is 4.99. The number of morpholine rings is 1. The summed E-state index contributed by atoms with van der Waals surface area (Å²) in [5, 5.41) is 11.0. The van der Waals surface area contributed by atoms with Gasteiger partial charge in [0.1, 0.15) is 0 Å². The van der Waals surface area contributed by atoms with Gasteiger partial charge in [0.25, 0.3) is 0 Å². The average Bonchev–Trinajstić information content (AvgIpc) is 3.15. The van der Waals surface area contributed by atoms with Crippen molar-refractivity contribution in [2.75, 3.05) is 32.8 Å². The molecule has 1 atom stereocenters. The van der Waals surface area contributed by atoms with Crippen LogP contribution in [0.2, 0.25) is 0 Å². The molecule has 23 heavy (non-hydrogen) atoms. The lowest BCUT2D eigenvalue weighted by Crippen LogP contribution is -2.45. The lowest BCUT2D eigenvalue weighted by Gasteiger charge is -2.27. The first kappa shape index (κ1) is 15.6. The third kappa shape index (κ3) is 3.94. The van der Waals surface area contributed by atoms with E-state index in [9.17, 15) is 4.79 Å². The lowest BCUT2D eigenvalue weighted by molar-refractivity contribution is -0.134. The molecule has 7 heteroatoms. The summed E-state index contributed by atoms with van der Waals surface area (Å²) in [5.41, 5.74) is 2.09. The summed E-state index contributed by atoms with van der Waals surface area (Å²) < 4.78 is 6.97. The molecule has 0 saturated carbocycles. The van der Waals surface area contributed by atoms with E-state index in [1.165, 1.54) is 0 Å². The standard InChI is InChI=1S/C16H21N5O2/c1-13(17-12-16(22)20-8-10-23-11-9-20)14-2-4-15(5-3-14)21-7-6-18-19-21/h2-7,13,17H,8-12H2,1H3/t13-/m0/s1. The largest absolute Gasteiger partial charge is 0.378 e. The maximum atomic E-state index is 12.1. The van der Waals surface area contributed by atoms with E-state index in [-0.39, 0.29) is 11.9 Å². The van der Waals surface area contributed by atoms with Crippen LogP contribution in [0.25, 0.3) is 5.69 Å². The normalized spacial score (nSPS) is 16.3. The van der Waals surface area contributed by atoms with Crippen LogP contribution in [-0.2, 0) is 9.53 Å². The molecule has 1 aliphatic rings. The van der Waals surface area contributed by atoms with E-state index in [2.05, 4.69) is 22.6 Å². The Labute approximate surface area is 135 Å². The van der Waals surface area contributed by atoms with Gasteiger partial charge in [0.05, 0.1) is 37.8 Å². The number of hydrogen-bond donors (Lipinski definition) is 1. The second-order valence-corrected chi connectivity index (χ2v) is 5.53. The molecule has 1 aromatic carbocycles. The van der Waals surface area contributed by atoms with Crippen molar-refractivity contribution in [1.29, 1.82) is 0 Å². The fourth-order valence-corrected chi connectivity index (χ4v) is 2.54. The molecular formula is C16H21N5O2. The number of hydrogen-bond acceptors (Lipinski definition) is 5. The molecule has 2 aromatic rings. The Hall–Kier alpha value is -2.25. The highest BCUT2D eigenvalue weighted by Crippen LogP contribution is 2.15. The Morgan fingerprint density at radius 1 is 1.30 bits per heavy atom. The van der Waals surface area contributed by atoms with Gasteiger partial charge < -0.3 is 15.0 Å². The van der Waals surface area contributed by atoms with Crippen molar-refractivity contribution < 1.29 is 9.53 Å². The number of amides is 1. The molecule has 0 aliphatic carbocycles. The minimum absolute atomic E-state index is 0.102. The number of aromatic nitrogens is 3. The Morgan fingerprint density at radius 3 is 2.70 bits per heavy atom. The van der Waals surface area contributed by atoms with E-state index < -0.39 is 0 Å². The predicted molar refractivity (Wildman–Crippen MR) is 85.2 cm³/mol. The van der Waals surface area contributed by atoms with Gasteiger partial charge in [0.2, 0.25) is 5.91 Å². The first-order valence-corrected chi connectivity index (χ1v) is 7.79. The summed E-state index contributed by atoms with van der Waals surface area (Å²) in [6.07, 6.45) is 3.45. The summed E-state index contributed by atoms with van der Waals surface area (Å²) in [6, 6.07) is 8.16. The predicted octanol–water partition coefficient (Wildman–Crippen LogP) is 0.777. The summed E-state index contributed by atoms with van der Waals surface area (Å²) >= 11 is 0. The minimum Gasteiger partial charge on any atom is -0.378 e. The number of carbonyl (C=O) groups is 1. The molecule has 2 heterocycles. The van der Waals surface area contributed by atoms with Gasteiger partial charge in [-0.25, -0.2) is 4.68 Å². The second kappa shape index (κ2) is 7.34. The first-order chi connectivity index (χ1) is 11.2. The SMILES string of the molecule is C[C@H](NCC(=O)N1CCOCC1)c1ccc(-n2ccnn2)cc1. The highest BCUT2D eigenvalue weighted by atomic mass is 16.5. The van der Waals surface area contributed by atoms with Gasteiger partial charge in [0.15, 0.2) is 0 Å². The monoisotopic (exact) mass is 315 g/mol. The molecule has 1 N–H and O–H groups in total. The summed E-state index contributed by atoms with van der Waals surface area (Å²) in [6.45, 7) is 5.02. The topological polar surface area (TPSA) is 72.3 Å². The molecule has 1 fully saturated rings. The van der Waals surface area contributed by atoms with Crippen molar-refractivity contribution in [3.8, 4) is 5.69 Å². The molecule has 0 bridgehead atoms. The van der Waals surface area contributed by atoms with Gasteiger partial charge in [-0.15, -0.1) is 5.10 Å². The molecule has 0 radical (unpaired) electrons. The molecule has 0 unspecified atom stereocenters. The lowest BCUT2D eigenvalue weighted by atomic mass is 10.1. The Morgan fingerprint density at radius 2 is 2.04 bits per heavy atom. The van der Waals surface area contributed by atoms with Gasteiger partial charge in [-0.3, -0.25) is 4.79 Å². The zero-order valence-corrected chi connectivity index (χ0v) is 13.2. The van der Waals surface area contributed by atoms with E-state index in [1.54, 1.807) is 17.1 Å². The molecule has 0 spiro atoms. The van der Waals surface area contributed by atoms with Gasteiger partial charge in [0, 0.05) is 19.1 Å². The Bertz CT molecular complexity index is 620. The maximum Gasteiger partial charge on any atom is 0.236 e. The van der Waals surface area contributed by atoms with Gasteiger partial charge in [-0.2, -0.15) is 0 Å². The quantitative estimate of drug-likeness (QED) is 0.882. The molecular weight excluding hydrogens is 294 g/mol. The zero-order chi connectivity index (χ0) is 16.1. The third-order valence-corrected chi connectivity index (χ3v) is 4.00. The zero-order valence-electron chi connectivity index (χ0n) is 13.2. The molecule has 1 aromatic heterocycles. The fourth-order valence-electron chi connectivity index (χ4n) is 2.54. The second-order valence-electron chi connectivity index (χ2n) is 5.53. The molecule has 7 nitrogen and oxygen atoms in total. The van der Waals surface area contributed by atoms with E-state index in [0.29, 0.717) is 32.8 Å². The number of ether oxygens (including phenoxy) is 1. The maximum absolute atomic E-state index is 12.1. The van der Waals surface area contributed by atoms with Crippen LogP contribution in [0.5, 0.6) is 0 Å². The van der Waals surface area contributed by atoms with Crippen LogP contribution in [0.3, 0.4) is 0 Å². The van der Waals surface area contributed by atoms with E-state index in [4.69, 9.17) is 4.74 Å². The molecule has 122 valence electrons. The van der Waals surface area contributed by atoms with Crippen LogP contribution in [-0.4, -0.2) is 58.6 Å². The number of nitrogens with zero attached hydrogens (tertiary/aromatic N) is 4. The van der Waals surface area contributed by atoms with Crippen molar-refractivity contribution in [2.24, 2.45) is 0 Å². The van der Waals surface area contributed by atoms with E-state index in [0.717, 1.165) is 11.3 Å². The fraction of sp³-hybridized carbons (Fsp3) is 0.438. The van der Waals surface area contributed by atoms with E-state index in [1.807, 2.05) is 29.2 Å². The van der Waals surface area contributed by atoms with Crippen LogP contribution in [0.15, 0.2) is 36.7 Å². The van der Waals surface area contributed by atoms with Crippen molar-refractivity contribution in [2.45, 2.75) is 13.0 Å². The van der Waals surface area contributed by atoms with Crippen LogP contribution in [0.4, 0.5) is 0 Å². The molecule has 1 saturated heterocycles. The van der Waals surface area contributed by atoms with Crippen molar-refractivity contribution in [3.63, 3.8) is 0 Å². The number of nitrogens with one attached hydrogen (secondary N) is 1. The summed E-state index contributed by atoms with van der Waals surface area (Å²) in [4.78, 5) is 14.0. The highest BCUT2D eigenvalue weighted by Gasteiger charge is 2.17. The Balaban J connectivity index is 1.53. The van der Waals surface area contributed by atoms with Gasteiger partial charge in [-0.05, 0) is 24.6 Å². The average molecular weight is 315 g/mol. The minimum atomic E-state index is 0.102. The number of benzene rings is 1. The summed E-state index contributed by atoms with van der Waals surface area (Å²) in [7, 11) is 0. The molecule has 1 aliphatic heterocycles.